The zero-order valence-electron chi connectivity index (χ0n) is 13.2. The van der Waals surface area contributed by atoms with Crippen LogP contribution in [0, 0.1) is 0 Å². The van der Waals surface area contributed by atoms with Crippen molar-refractivity contribution in [3.63, 3.8) is 0 Å². The predicted octanol–water partition coefficient (Wildman–Crippen LogP) is 3.77. The van der Waals surface area contributed by atoms with Gasteiger partial charge in [0.2, 0.25) is 5.31 Å². The standard InChI is InChI=1S/C13H13BF9N2/c1-24(2)25(3)9-7-5-4-6-8(9)14-10(11(15,16)17,12(18,19)20)13(21,22)23/h4-7H,1-3H3. The van der Waals surface area contributed by atoms with Crippen LogP contribution in [0.5, 0.6) is 0 Å². The van der Waals surface area contributed by atoms with Crippen molar-refractivity contribution in [3.05, 3.63) is 24.3 Å². The molecule has 2 nitrogen and oxygen atoms in total. The van der Waals surface area contributed by atoms with Crippen molar-refractivity contribution in [2.24, 2.45) is 0 Å². The summed E-state index contributed by atoms with van der Waals surface area (Å²) >= 11 is 0. The molecule has 1 rings (SSSR count). The average Bonchev–Trinajstić information content (AvgIpc) is 2.40. The summed E-state index contributed by atoms with van der Waals surface area (Å²) in [5.41, 5.74) is -1.11. The largest absolute Gasteiger partial charge is 0.405 e. The maximum absolute atomic E-state index is 13.0. The molecule has 0 saturated carbocycles. The van der Waals surface area contributed by atoms with Crippen LogP contribution in [0.2, 0.25) is 5.31 Å². The zero-order chi connectivity index (χ0) is 19.8. The molecule has 0 heterocycles. The van der Waals surface area contributed by atoms with Crippen molar-refractivity contribution >= 4 is 18.4 Å². The lowest BCUT2D eigenvalue weighted by molar-refractivity contribution is -0.354. The first-order chi connectivity index (χ1) is 11.1. The number of rotatable bonds is 4. The first kappa shape index (κ1) is 21.5. The second kappa shape index (κ2) is 6.62. The van der Waals surface area contributed by atoms with E-state index in [1.807, 2.05) is 0 Å². The zero-order valence-corrected chi connectivity index (χ0v) is 13.2. The summed E-state index contributed by atoms with van der Waals surface area (Å²) in [6, 6.07) is 4.20. The Morgan fingerprint density at radius 1 is 0.720 bits per heavy atom. The monoisotopic (exact) mass is 379 g/mol. The van der Waals surface area contributed by atoms with Gasteiger partial charge in [-0.1, -0.05) is 23.7 Å². The molecule has 141 valence electrons. The van der Waals surface area contributed by atoms with Gasteiger partial charge in [0, 0.05) is 26.8 Å². The maximum Gasteiger partial charge on any atom is 0.405 e. The van der Waals surface area contributed by atoms with Crippen LogP contribution in [0.3, 0.4) is 0 Å². The summed E-state index contributed by atoms with van der Waals surface area (Å²) in [5.74, 6) is 0. The summed E-state index contributed by atoms with van der Waals surface area (Å²) in [6.45, 7) is 0. The van der Waals surface area contributed by atoms with Gasteiger partial charge in [0.25, 0.3) is 0 Å². The van der Waals surface area contributed by atoms with E-state index in [0.717, 1.165) is 23.2 Å². The normalized spacial score (nSPS) is 14.0. The molecular formula is C13H13BF9N2. The molecule has 25 heavy (non-hydrogen) atoms. The van der Waals surface area contributed by atoms with E-state index < -0.39 is 36.6 Å². The molecule has 1 aromatic rings. The van der Waals surface area contributed by atoms with Gasteiger partial charge in [-0.15, -0.1) is 0 Å². The summed E-state index contributed by atoms with van der Waals surface area (Å²) in [6.07, 6.45) is -19.9. The number of halogens is 9. The number of hydrogen-bond donors (Lipinski definition) is 0. The summed E-state index contributed by atoms with van der Waals surface area (Å²) in [7, 11) is 3.30. The molecule has 0 bridgehead atoms. The van der Waals surface area contributed by atoms with E-state index in [1.54, 1.807) is 0 Å². The van der Waals surface area contributed by atoms with Gasteiger partial charge < -0.3 is 5.01 Å². The van der Waals surface area contributed by atoms with E-state index >= 15 is 0 Å². The number of benzene rings is 1. The Kier molecular flexibility index (Phi) is 5.68. The molecule has 1 radical (unpaired) electrons. The first-order valence-electron chi connectivity index (χ1n) is 6.62. The van der Waals surface area contributed by atoms with E-state index in [-0.39, 0.29) is 5.69 Å². The topological polar surface area (TPSA) is 6.48 Å². The molecule has 0 saturated heterocycles. The first-order valence-corrected chi connectivity index (χ1v) is 6.62. The minimum absolute atomic E-state index is 0.255. The molecule has 1 aromatic carbocycles. The van der Waals surface area contributed by atoms with Crippen molar-refractivity contribution in [1.29, 1.82) is 0 Å². The molecule has 0 unspecified atom stereocenters. The Morgan fingerprint density at radius 3 is 1.48 bits per heavy atom. The van der Waals surface area contributed by atoms with E-state index in [2.05, 4.69) is 0 Å². The van der Waals surface area contributed by atoms with Crippen LogP contribution in [0.15, 0.2) is 24.3 Å². The Hall–Kier alpha value is -1.59. The van der Waals surface area contributed by atoms with Gasteiger partial charge in [0.15, 0.2) is 7.28 Å². The third-order valence-corrected chi connectivity index (χ3v) is 3.60. The van der Waals surface area contributed by atoms with Crippen molar-refractivity contribution in [2.45, 2.75) is 23.8 Å². The molecule has 0 spiro atoms. The highest BCUT2D eigenvalue weighted by molar-refractivity contribution is 6.59. The summed E-state index contributed by atoms with van der Waals surface area (Å²) in [4.78, 5) is 0. The third kappa shape index (κ3) is 3.83. The van der Waals surface area contributed by atoms with Gasteiger partial charge >= 0.3 is 18.5 Å². The second-order valence-electron chi connectivity index (χ2n) is 5.38. The van der Waals surface area contributed by atoms with Crippen molar-refractivity contribution in [1.82, 2.24) is 5.01 Å². The second-order valence-corrected chi connectivity index (χ2v) is 5.38. The minimum atomic E-state index is -6.63. The third-order valence-electron chi connectivity index (χ3n) is 3.60. The van der Waals surface area contributed by atoms with E-state index in [9.17, 15) is 39.5 Å². The molecule has 0 amide bonds. The smallest absolute Gasteiger partial charge is 0.310 e. The predicted molar refractivity (Wildman–Crippen MR) is 74.8 cm³/mol. The van der Waals surface area contributed by atoms with Gasteiger partial charge in [-0.3, -0.25) is 0 Å². The van der Waals surface area contributed by atoms with Crippen LogP contribution < -0.4 is 10.5 Å². The number of anilines is 1. The molecular weight excluding hydrogens is 366 g/mol. The average molecular weight is 379 g/mol. The molecule has 12 heteroatoms. The molecule has 0 aliphatic carbocycles. The van der Waals surface area contributed by atoms with Gasteiger partial charge in [-0.2, -0.15) is 39.5 Å². The highest BCUT2D eigenvalue weighted by Gasteiger charge is 2.82. The van der Waals surface area contributed by atoms with Gasteiger partial charge in [0.1, 0.15) is 0 Å². The van der Waals surface area contributed by atoms with E-state index in [0.29, 0.717) is 0 Å². The van der Waals surface area contributed by atoms with Crippen LogP contribution in [-0.4, -0.2) is 52.0 Å². The van der Waals surface area contributed by atoms with Gasteiger partial charge in [-0.05, 0) is 6.07 Å². The SMILES string of the molecule is CN(C)N(C)c1ccccc1[B]C(C(F)(F)F)(C(F)(F)F)C(F)(F)F. The molecule has 0 aromatic heterocycles. The number of para-hydroxylation sites is 1. The lowest BCUT2D eigenvalue weighted by Gasteiger charge is -2.39. The van der Waals surface area contributed by atoms with Crippen molar-refractivity contribution in [2.75, 3.05) is 26.2 Å². The highest BCUT2D eigenvalue weighted by Crippen LogP contribution is 2.64. The number of nitrogens with zero attached hydrogens (tertiary/aromatic N) is 2. The van der Waals surface area contributed by atoms with Gasteiger partial charge in [0.05, 0.1) is 0 Å². The summed E-state index contributed by atoms with van der Waals surface area (Å²) < 4.78 is 117. The van der Waals surface area contributed by atoms with Crippen molar-refractivity contribution in [3.8, 4) is 0 Å². The molecule has 0 fully saturated rings. The Labute approximate surface area is 138 Å². The minimum Gasteiger partial charge on any atom is -0.310 e. The maximum atomic E-state index is 13.0. The van der Waals surface area contributed by atoms with Crippen LogP contribution in [0.25, 0.3) is 0 Å². The fourth-order valence-corrected chi connectivity index (χ4v) is 2.08. The van der Waals surface area contributed by atoms with Crippen LogP contribution >= 0.6 is 0 Å². The number of hydrogen-bond acceptors (Lipinski definition) is 2. The van der Waals surface area contributed by atoms with Crippen molar-refractivity contribution < 1.29 is 39.5 Å². The van der Waals surface area contributed by atoms with Crippen LogP contribution in [0.1, 0.15) is 0 Å². The van der Waals surface area contributed by atoms with E-state index in [1.165, 1.54) is 32.2 Å². The fourth-order valence-electron chi connectivity index (χ4n) is 2.08. The van der Waals surface area contributed by atoms with E-state index in [4.69, 9.17) is 0 Å². The Balaban J connectivity index is 3.64. The number of alkyl halides is 9. The lowest BCUT2D eigenvalue weighted by Crippen LogP contribution is -2.59. The molecule has 0 N–H and O–H groups in total. The Bertz CT molecular complexity index is 556. The molecule has 0 atom stereocenters. The molecule has 0 aliphatic heterocycles. The molecule has 0 aliphatic rings. The summed E-state index contributed by atoms with van der Waals surface area (Å²) in [5, 5.41) is -3.60. The van der Waals surface area contributed by atoms with Gasteiger partial charge in [-0.25, -0.2) is 5.01 Å². The lowest BCUT2D eigenvalue weighted by atomic mass is 9.46. The highest BCUT2D eigenvalue weighted by atomic mass is 19.4. The number of hydrazine groups is 1. The van der Waals surface area contributed by atoms with Crippen LogP contribution in [0.4, 0.5) is 45.2 Å². The Morgan fingerprint density at radius 2 is 1.12 bits per heavy atom. The fraction of sp³-hybridized carbons (Fsp3) is 0.538. The van der Waals surface area contributed by atoms with Crippen LogP contribution in [-0.2, 0) is 0 Å². The quantitative estimate of drug-likeness (QED) is 0.447.